The van der Waals surface area contributed by atoms with Crippen molar-refractivity contribution in [1.29, 1.82) is 0 Å². The van der Waals surface area contributed by atoms with E-state index in [4.69, 9.17) is 33.7 Å². The van der Waals surface area contributed by atoms with Crippen molar-refractivity contribution in [3.8, 4) is 11.3 Å². The summed E-state index contributed by atoms with van der Waals surface area (Å²) in [7, 11) is 0. The normalized spacial score (nSPS) is 14.8. The van der Waals surface area contributed by atoms with E-state index in [2.05, 4.69) is 10.3 Å². The first-order chi connectivity index (χ1) is 19.7. The molecule has 208 valence electrons. The van der Waals surface area contributed by atoms with Gasteiger partial charge in [0.15, 0.2) is 11.7 Å². The van der Waals surface area contributed by atoms with Crippen LogP contribution >= 0.6 is 46.3 Å². The second-order valence-electron chi connectivity index (χ2n) is 8.79. The maximum absolute atomic E-state index is 13.0. The van der Waals surface area contributed by atoms with E-state index >= 15 is 0 Å². The van der Waals surface area contributed by atoms with Gasteiger partial charge >= 0.3 is 5.97 Å². The molecule has 1 unspecified atom stereocenters. The van der Waals surface area contributed by atoms with Crippen molar-refractivity contribution >= 4 is 86.5 Å². The SMILES string of the molecule is Nc1cccc(SC2CC(=O)N(c3ccc(C(=O)OCC(=O)Nc4nc(-c5ccc(Cl)c(Cl)c5)cs4)cc3)C2=O)c1. The number of benzene rings is 3. The number of thioether (sulfide) groups is 1. The minimum atomic E-state index is -0.739. The number of carbonyl (C=O) groups excluding carboxylic acids is 4. The summed E-state index contributed by atoms with van der Waals surface area (Å²) in [6.45, 7) is -0.533. The topological polar surface area (TPSA) is 132 Å². The van der Waals surface area contributed by atoms with Gasteiger partial charge in [-0.05, 0) is 54.6 Å². The summed E-state index contributed by atoms with van der Waals surface area (Å²) in [5.41, 5.74) is 8.21. The number of rotatable bonds is 8. The molecule has 2 heterocycles. The summed E-state index contributed by atoms with van der Waals surface area (Å²) in [6.07, 6.45) is 0.0469. The lowest BCUT2D eigenvalue weighted by Crippen LogP contribution is -2.31. The van der Waals surface area contributed by atoms with Gasteiger partial charge in [-0.1, -0.05) is 35.3 Å². The highest BCUT2D eigenvalue weighted by Gasteiger charge is 2.40. The maximum atomic E-state index is 13.0. The number of thiazole rings is 1. The van der Waals surface area contributed by atoms with Crippen molar-refractivity contribution in [2.75, 3.05) is 22.6 Å². The highest BCUT2D eigenvalue weighted by atomic mass is 35.5. The molecule has 0 radical (unpaired) electrons. The number of hydrogen-bond donors (Lipinski definition) is 2. The van der Waals surface area contributed by atoms with Gasteiger partial charge in [-0.25, -0.2) is 14.7 Å². The second-order valence-corrected chi connectivity index (χ2v) is 11.7. The van der Waals surface area contributed by atoms with E-state index in [9.17, 15) is 19.2 Å². The van der Waals surface area contributed by atoms with E-state index in [0.29, 0.717) is 32.2 Å². The summed E-state index contributed by atoms with van der Waals surface area (Å²) < 4.78 is 5.12. The molecule has 41 heavy (non-hydrogen) atoms. The van der Waals surface area contributed by atoms with Crippen LogP contribution in [-0.4, -0.2) is 40.5 Å². The Kier molecular flexibility index (Phi) is 8.60. The Balaban J connectivity index is 1.14. The average Bonchev–Trinajstić information content (AvgIpc) is 3.52. The lowest BCUT2D eigenvalue weighted by atomic mass is 10.2. The van der Waals surface area contributed by atoms with Crippen LogP contribution in [0, 0.1) is 0 Å². The zero-order valence-corrected chi connectivity index (χ0v) is 24.2. The number of nitrogens with one attached hydrogen (secondary N) is 1. The number of imide groups is 1. The number of hydrogen-bond acceptors (Lipinski definition) is 9. The molecule has 0 spiro atoms. The number of amides is 3. The van der Waals surface area contributed by atoms with Gasteiger partial charge in [0.2, 0.25) is 11.8 Å². The Hall–Kier alpha value is -3.90. The third-order valence-corrected chi connectivity index (χ3v) is 8.58. The van der Waals surface area contributed by atoms with E-state index in [-0.39, 0.29) is 23.8 Å². The minimum absolute atomic E-state index is 0.0469. The van der Waals surface area contributed by atoms with Gasteiger partial charge in [-0.15, -0.1) is 23.1 Å². The van der Waals surface area contributed by atoms with Crippen molar-refractivity contribution in [2.45, 2.75) is 16.6 Å². The molecule has 5 rings (SSSR count). The van der Waals surface area contributed by atoms with Crippen LogP contribution in [-0.2, 0) is 19.1 Å². The zero-order valence-electron chi connectivity index (χ0n) is 21.0. The summed E-state index contributed by atoms with van der Waals surface area (Å²) in [5, 5.41) is 4.89. The molecule has 0 saturated carbocycles. The summed E-state index contributed by atoms with van der Waals surface area (Å²) >= 11 is 14.5. The Labute approximate surface area is 252 Å². The third kappa shape index (κ3) is 6.71. The minimum Gasteiger partial charge on any atom is -0.452 e. The molecule has 1 aliphatic rings. The third-order valence-electron chi connectivity index (χ3n) is 5.90. The molecular weight excluding hydrogens is 607 g/mol. The van der Waals surface area contributed by atoms with E-state index < -0.39 is 23.7 Å². The quantitative estimate of drug-likeness (QED) is 0.140. The Morgan fingerprint density at radius 1 is 1.07 bits per heavy atom. The van der Waals surface area contributed by atoms with Gasteiger partial charge in [0, 0.05) is 27.9 Å². The Bertz CT molecular complexity index is 1660. The number of aromatic nitrogens is 1. The molecule has 13 heteroatoms. The van der Waals surface area contributed by atoms with Crippen LogP contribution in [0.3, 0.4) is 0 Å². The van der Waals surface area contributed by atoms with Crippen molar-refractivity contribution in [1.82, 2.24) is 4.98 Å². The van der Waals surface area contributed by atoms with Gasteiger partial charge in [-0.2, -0.15) is 0 Å². The van der Waals surface area contributed by atoms with Crippen LogP contribution < -0.4 is 16.0 Å². The molecule has 3 aromatic carbocycles. The molecule has 3 amide bonds. The first-order valence-electron chi connectivity index (χ1n) is 12.0. The molecule has 1 aromatic heterocycles. The molecule has 1 saturated heterocycles. The Morgan fingerprint density at radius 2 is 1.85 bits per heavy atom. The van der Waals surface area contributed by atoms with Crippen LogP contribution in [0.4, 0.5) is 16.5 Å². The number of nitrogen functional groups attached to an aromatic ring is 1. The van der Waals surface area contributed by atoms with Crippen LogP contribution in [0.1, 0.15) is 16.8 Å². The van der Waals surface area contributed by atoms with E-state index in [1.165, 1.54) is 47.4 Å². The van der Waals surface area contributed by atoms with E-state index in [1.54, 1.807) is 41.8 Å². The van der Waals surface area contributed by atoms with Crippen molar-refractivity contribution in [3.05, 3.63) is 87.7 Å². The van der Waals surface area contributed by atoms with Crippen molar-refractivity contribution in [2.24, 2.45) is 0 Å². The molecule has 9 nitrogen and oxygen atoms in total. The highest BCUT2D eigenvalue weighted by molar-refractivity contribution is 8.00. The molecule has 0 bridgehead atoms. The van der Waals surface area contributed by atoms with Crippen LogP contribution in [0.25, 0.3) is 11.3 Å². The number of carbonyl (C=O) groups is 4. The first kappa shape index (κ1) is 28.6. The number of esters is 1. The standard InChI is InChI=1S/C28H20Cl2N4O5S2/c29-20-9-6-16(10-21(20)30)22-14-40-28(32-22)33-24(35)13-39-27(38)15-4-7-18(8-5-15)34-25(36)12-23(26(34)37)41-19-3-1-2-17(31)11-19/h1-11,14,23H,12-13,31H2,(H,32,33,35). The molecule has 4 aromatic rings. The Morgan fingerprint density at radius 3 is 2.59 bits per heavy atom. The molecule has 1 aliphatic heterocycles. The number of nitrogens with two attached hydrogens (primary N) is 1. The molecule has 0 aliphatic carbocycles. The molecule has 3 N–H and O–H groups in total. The van der Waals surface area contributed by atoms with E-state index in [0.717, 1.165) is 15.4 Å². The van der Waals surface area contributed by atoms with Crippen LogP contribution in [0.15, 0.2) is 77.0 Å². The summed E-state index contributed by atoms with van der Waals surface area (Å²) in [6, 6.07) is 18.0. The van der Waals surface area contributed by atoms with Crippen molar-refractivity contribution < 1.29 is 23.9 Å². The van der Waals surface area contributed by atoms with Crippen LogP contribution in [0.5, 0.6) is 0 Å². The fraction of sp³-hybridized carbons (Fsp3) is 0.107. The zero-order chi connectivity index (χ0) is 29.1. The molecule has 1 fully saturated rings. The monoisotopic (exact) mass is 626 g/mol. The fourth-order valence-corrected chi connectivity index (χ4v) is 6.11. The van der Waals surface area contributed by atoms with Gasteiger partial charge in [-0.3, -0.25) is 19.7 Å². The van der Waals surface area contributed by atoms with Crippen LogP contribution in [0.2, 0.25) is 10.0 Å². The summed E-state index contributed by atoms with van der Waals surface area (Å²) in [5.74, 6) is -2.00. The maximum Gasteiger partial charge on any atom is 0.338 e. The van der Waals surface area contributed by atoms with Gasteiger partial charge in [0.05, 0.1) is 32.2 Å². The number of nitrogens with zero attached hydrogens (tertiary/aromatic N) is 2. The lowest BCUT2D eigenvalue weighted by Gasteiger charge is -2.15. The van der Waals surface area contributed by atoms with E-state index in [1.807, 2.05) is 6.07 Å². The molecule has 1 atom stereocenters. The fourth-order valence-electron chi connectivity index (χ4n) is 3.96. The van der Waals surface area contributed by atoms with Gasteiger partial charge in [0.25, 0.3) is 5.91 Å². The predicted molar refractivity (Wildman–Crippen MR) is 161 cm³/mol. The average molecular weight is 628 g/mol. The lowest BCUT2D eigenvalue weighted by molar-refractivity contribution is -0.121. The van der Waals surface area contributed by atoms with Crippen molar-refractivity contribution in [3.63, 3.8) is 0 Å². The van der Waals surface area contributed by atoms with Gasteiger partial charge in [0.1, 0.15) is 0 Å². The number of anilines is 3. The highest BCUT2D eigenvalue weighted by Crippen LogP contribution is 2.35. The predicted octanol–water partition coefficient (Wildman–Crippen LogP) is 5.92. The number of halogens is 2. The summed E-state index contributed by atoms with van der Waals surface area (Å²) in [4.78, 5) is 56.6. The first-order valence-corrected chi connectivity index (χ1v) is 14.6. The molecular formula is C28H20Cl2N4O5S2. The number of ether oxygens (including phenoxy) is 1. The van der Waals surface area contributed by atoms with Gasteiger partial charge < -0.3 is 10.5 Å². The second kappa shape index (κ2) is 12.3. The largest absolute Gasteiger partial charge is 0.452 e. The smallest absolute Gasteiger partial charge is 0.338 e.